The van der Waals surface area contributed by atoms with Crippen molar-refractivity contribution in [2.24, 2.45) is 0 Å². The topological polar surface area (TPSA) is 12.0 Å². The number of aryl methyl sites for hydroxylation is 3. The summed E-state index contributed by atoms with van der Waals surface area (Å²) in [4.78, 5) is 0. The number of hydrogen-bond acceptors (Lipinski definition) is 1. The zero-order chi connectivity index (χ0) is 14.5. The normalized spacial score (nSPS) is 12.4. The Balaban J connectivity index is 2.19. The first-order valence-electron chi connectivity index (χ1n) is 7.46. The Morgan fingerprint density at radius 1 is 0.950 bits per heavy atom. The van der Waals surface area contributed by atoms with E-state index in [0.717, 1.165) is 12.8 Å². The quantitative estimate of drug-likeness (QED) is 0.848. The number of rotatable bonds is 5. The molecule has 0 aliphatic heterocycles. The van der Waals surface area contributed by atoms with Crippen LogP contribution in [0.5, 0.6) is 0 Å². The average molecular weight is 267 g/mol. The Morgan fingerprint density at radius 3 is 2.15 bits per heavy atom. The Kier molecular flexibility index (Phi) is 4.97. The molecule has 2 aromatic carbocycles. The molecule has 0 fully saturated rings. The molecule has 106 valence electrons. The predicted molar refractivity (Wildman–Crippen MR) is 87.2 cm³/mol. The van der Waals surface area contributed by atoms with Crippen molar-refractivity contribution in [3.63, 3.8) is 0 Å². The van der Waals surface area contributed by atoms with Crippen LogP contribution in [0.15, 0.2) is 42.5 Å². The number of nitrogens with one attached hydrogen (secondary N) is 1. The molecule has 2 rings (SSSR count). The molecule has 0 heterocycles. The molecule has 1 N–H and O–H groups in total. The van der Waals surface area contributed by atoms with Crippen molar-refractivity contribution in [1.82, 2.24) is 5.32 Å². The fourth-order valence-electron chi connectivity index (χ4n) is 2.73. The molecule has 0 bridgehead atoms. The second kappa shape index (κ2) is 6.71. The highest BCUT2D eigenvalue weighted by atomic mass is 14.9. The minimum Gasteiger partial charge on any atom is -0.313 e. The lowest BCUT2D eigenvalue weighted by Crippen LogP contribution is -2.19. The van der Waals surface area contributed by atoms with E-state index < -0.39 is 0 Å². The van der Waals surface area contributed by atoms with Crippen LogP contribution >= 0.6 is 0 Å². The first-order valence-corrected chi connectivity index (χ1v) is 7.46. The third-order valence-electron chi connectivity index (χ3n) is 4.02. The predicted octanol–water partition coefficient (Wildman–Crippen LogP) is 4.37. The van der Waals surface area contributed by atoms with Gasteiger partial charge in [-0.15, -0.1) is 0 Å². The summed E-state index contributed by atoms with van der Waals surface area (Å²) in [6, 6.07) is 16.1. The van der Waals surface area contributed by atoms with Crippen molar-refractivity contribution in [1.29, 1.82) is 0 Å². The Labute approximate surface area is 123 Å². The number of benzene rings is 2. The van der Waals surface area contributed by atoms with E-state index in [2.05, 4.69) is 68.6 Å². The van der Waals surface area contributed by atoms with Crippen LogP contribution in [0.2, 0.25) is 0 Å². The Hall–Kier alpha value is -1.60. The summed E-state index contributed by atoms with van der Waals surface area (Å²) in [5, 5.41) is 3.46. The van der Waals surface area contributed by atoms with Gasteiger partial charge in [0.15, 0.2) is 0 Å². The molecule has 0 spiro atoms. The lowest BCUT2D eigenvalue weighted by molar-refractivity contribution is 0.589. The van der Waals surface area contributed by atoms with Crippen molar-refractivity contribution in [2.45, 2.75) is 39.7 Å². The van der Waals surface area contributed by atoms with E-state index in [4.69, 9.17) is 0 Å². The molecule has 2 aromatic rings. The number of likely N-dealkylation sites (N-methyl/N-ethyl adjacent to an activating group) is 1. The van der Waals surface area contributed by atoms with Crippen molar-refractivity contribution >= 4 is 0 Å². The van der Waals surface area contributed by atoms with Gasteiger partial charge in [-0.05, 0) is 56.0 Å². The second-order valence-corrected chi connectivity index (χ2v) is 5.58. The van der Waals surface area contributed by atoms with E-state index in [0.29, 0.717) is 6.04 Å². The first kappa shape index (κ1) is 14.8. The van der Waals surface area contributed by atoms with Gasteiger partial charge < -0.3 is 5.32 Å². The van der Waals surface area contributed by atoms with E-state index in [1.807, 2.05) is 7.05 Å². The first-order chi connectivity index (χ1) is 9.63. The third kappa shape index (κ3) is 3.49. The number of hydrogen-bond donors (Lipinski definition) is 1. The monoisotopic (exact) mass is 267 g/mol. The van der Waals surface area contributed by atoms with Gasteiger partial charge in [-0.3, -0.25) is 0 Å². The lowest BCUT2D eigenvalue weighted by Gasteiger charge is -2.19. The molecule has 1 nitrogen and oxygen atoms in total. The molecule has 0 saturated heterocycles. The van der Waals surface area contributed by atoms with E-state index >= 15 is 0 Å². The molecule has 0 aromatic heterocycles. The molecular formula is C19H25N. The van der Waals surface area contributed by atoms with Gasteiger partial charge in [-0.25, -0.2) is 0 Å². The van der Waals surface area contributed by atoms with Gasteiger partial charge in [-0.1, -0.05) is 55.0 Å². The standard InChI is InChI=1S/C19H25N/c1-5-16-7-9-17(10-8-16)13-19(20-4)18-11-6-14(2)12-15(18)3/h6-12,19-20H,5,13H2,1-4H3. The summed E-state index contributed by atoms with van der Waals surface area (Å²) in [5.74, 6) is 0. The fraction of sp³-hybridized carbons (Fsp3) is 0.368. The lowest BCUT2D eigenvalue weighted by atomic mass is 9.94. The van der Waals surface area contributed by atoms with E-state index in [9.17, 15) is 0 Å². The third-order valence-corrected chi connectivity index (χ3v) is 4.02. The van der Waals surface area contributed by atoms with Gasteiger partial charge >= 0.3 is 0 Å². The maximum atomic E-state index is 3.46. The molecule has 0 saturated carbocycles. The molecule has 1 unspecified atom stereocenters. The van der Waals surface area contributed by atoms with Crippen LogP contribution in [0.3, 0.4) is 0 Å². The fourth-order valence-corrected chi connectivity index (χ4v) is 2.73. The highest BCUT2D eigenvalue weighted by Crippen LogP contribution is 2.22. The largest absolute Gasteiger partial charge is 0.313 e. The Bertz CT molecular complexity index is 554. The van der Waals surface area contributed by atoms with Crippen LogP contribution in [0, 0.1) is 13.8 Å². The average Bonchev–Trinajstić information content (AvgIpc) is 2.46. The van der Waals surface area contributed by atoms with Crippen molar-refractivity contribution in [2.75, 3.05) is 7.05 Å². The van der Waals surface area contributed by atoms with E-state index in [1.54, 1.807) is 0 Å². The van der Waals surface area contributed by atoms with Gasteiger partial charge in [0.1, 0.15) is 0 Å². The summed E-state index contributed by atoms with van der Waals surface area (Å²) >= 11 is 0. The SMILES string of the molecule is CCc1ccc(CC(NC)c2ccc(C)cc2C)cc1. The summed E-state index contributed by atoms with van der Waals surface area (Å²) in [7, 11) is 2.05. The summed E-state index contributed by atoms with van der Waals surface area (Å²) in [6.45, 7) is 6.54. The smallest absolute Gasteiger partial charge is 0.0361 e. The van der Waals surface area contributed by atoms with Crippen LogP contribution in [0.4, 0.5) is 0 Å². The van der Waals surface area contributed by atoms with E-state index in [-0.39, 0.29) is 0 Å². The van der Waals surface area contributed by atoms with Crippen LogP contribution in [0.25, 0.3) is 0 Å². The molecule has 1 heteroatoms. The second-order valence-electron chi connectivity index (χ2n) is 5.58. The van der Waals surface area contributed by atoms with Gasteiger partial charge in [-0.2, -0.15) is 0 Å². The van der Waals surface area contributed by atoms with Gasteiger partial charge in [0.2, 0.25) is 0 Å². The molecule has 0 aliphatic rings. The highest BCUT2D eigenvalue weighted by Gasteiger charge is 2.12. The molecule has 0 aliphatic carbocycles. The molecule has 0 amide bonds. The summed E-state index contributed by atoms with van der Waals surface area (Å²) in [5.41, 5.74) is 6.89. The zero-order valence-electron chi connectivity index (χ0n) is 13.0. The van der Waals surface area contributed by atoms with Crippen molar-refractivity contribution < 1.29 is 0 Å². The van der Waals surface area contributed by atoms with Gasteiger partial charge in [0, 0.05) is 6.04 Å². The maximum absolute atomic E-state index is 3.46. The van der Waals surface area contributed by atoms with Crippen molar-refractivity contribution in [3.05, 3.63) is 70.3 Å². The van der Waals surface area contributed by atoms with E-state index in [1.165, 1.54) is 27.8 Å². The summed E-state index contributed by atoms with van der Waals surface area (Å²) < 4.78 is 0. The molecule has 20 heavy (non-hydrogen) atoms. The molecule has 0 radical (unpaired) electrons. The maximum Gasteiger partial charge on any atom is 0.0361 e. The van der Waals surface area contributed by atoms with Crippen molar-refractivity contribution in [3.8, 4) is 0 Å². The van der Waals surface area contributed by atoms with Gasteiger partial charge in [0.25, 0.3) is 0 Å². The Morgan fingerprint density at radius 2 is 1.60 bits per heavy atom. The van der Waals surface area contributed by atoms with Crippen LogP contribution in [-0.2, 0) is 12.8 Å². The van der Waals surface area contributed by atoms with Crippen LogP contribution < -0.4 is 5.32 Å². The minimum atomic E-state index is 0.378. The highest BCUT2D eigenvalue weighted by molar-refractivity contribution is 5.34. The van der Waals surface area contributed by atoms with Gasteiger partial charge in [0.05, 0.1) is 0 Å². The molecular weight excluding hydrogens is 242 g/mol. The molecule has 1 atom stereocenters. The zero-order valence-corrected chi connectivity index (χ0v) is 13.0. The summed E-state index contributed by atoms with van der Waals surface area (Å²) in [6.07, 6.45) is 2.14. The van der Waals surface area contributed by atoms with Crippen LogP contribution in [0.1, 0.15) is 40.8 Å². The minimum absolute atomic E-state index is 0.378. The van der Waals surface area contributed by atoms with Crippen LogP contribution in [-0.4, -0.2) is 7.05 Å².